The Bertz CT molecular complexity index is 1070. The number of aryl methyl sites for hydroxylation is 1. The summed E-state index contributed by atoms with van der Waals surface area (Å²) in [5.74, 6) is -57.6. The Hall–Kier alpha value is -2.65. The highest BCUT2D eigenvalue weighted by Gasteiger charge is 2.95. The van der Waals surface area contributed by atoms with Crippen molar-refractivity contribution in [2.75, 3.05) is 26.3 Å². The third-order valence-corrected chi connectivity index (χ3v) is 5.64. The Kier molecular flexibility index (Phi) is 10.5. The molecule has 2 N–H and O–H groups in total. The van der Waals surface area contributed by atoms with Crippen LogP contribution in [0, 0.1) is 0 Å². The quantitative estimate of drug-likeness (QED) is 0.224. The predicted octanol–water partition coefficient (Wildman–Crippen LogP) is 4.80. The van der Waals surface area contributed by atoms with E-state index in [1.165, 1.54) is 0 Å². The van der Waals surface area contributed by atoms with Crippen LogP contribution in [0.2, 0.25) is 0 Å². The topological polar surface area (TPSA) is 64.7 Å². The number of nitrogens with zero attached hydrogens (tertiary/aromatic N) is 2. The molecule has 0 aliphatic rings. The van der Waals surface area contributed by atoms with Gasteiger partial charge in [-0.1, -0.05) is 0 Å². The number of amides is 1. The van der Waals surface area contributed by atoms with E-state index in [4.69, 9.17) is 10.2 Å². The first-order valence-corrected chi connectivity index (χ1v) is 10.8. The van der Waals surface area contributed by atoms with Gasteiger partial charge in [-0.2, -0.15) is 74.6 Å². The van der Waals surface area contributed by atoms with Crippen molar-refractivity contribution in [3.63, 3.8) is 0 Å². The molecule has 42 heavy (non-hydrogen) atoms. The number of aromatic nitrogens is 1. The first kappa shape index (κ1) is 37.4. The second kappa shape index (κ2) is 11.8. The Balaban J connectivity index is 3.31. The van der Waals surface area contributed by atoms with Crippen LogP contribution in [0.3, 0.4) is 0 Å². The molecule has 0 saturated carbocycles. The number of carbonyl (C=O) groups is 1. The summed E-state index contributed by atoms with van der Waals surface area (Å²) in [6.07, 6.45) is -9.17. The van der Waals surface area contributed by atoms with Crippen LogP contribution in [0.4, 0.5) is 74.6 Å². The summed E-state index contributed by atoms with van der Waals surface area (Å²) in [5.41, 5.74) is -0.282. The minimum atomic E-state index is -8.68. The molecule has 0 atom stereocenters. The van der Waals surface area contributed by atoms with Crippen LogP contribution in [0.25, 0.3) is 0 Å². The van der Waals surface area contributed by atoms with Crippen molar-refractivity contribution in [2.24, 2.45) is 0 Å². The highest BCUT2D eigenvalue weighted by atomic mass is 19.4. The third kappa shape index (κ3) is 6.05. The average molecular weight is 657 g/mol. The van der Waals surface area contributed by atoms with Gasteiger partial charge in [-0.05, 0) is 0 Å². The Morgan fingerprint density at radius 2 is 0.976 bits per heavy atom. The van der Waals surface area contributed by atoms with Gasteiger partial charge in [0.25, 0.3) is 5.91 Å². The molecule has 0 aromatic carbocycles. The van der Waals surface area contributed by atoms with Crippen LogP contribution >= 0.6 is 0 Å². The van der Waals surface area contributed by atoms with E-state index in [2.05, 4.69) is 0 Å². The lowest BCUT2D eigenvalue weighted by molar-refractivity contribution is -0.700. The van der Waals surface area contributed by atoms with Gasteiger partial charge in [-0.15, -0.1) is 0 Å². The Morgan fingerprint density at radius 1 is 0.619 bits per heavy atom. The molecule has 0 radical (unpaired) electrons. The lowest BCUT2D eigenvalue weighted by Gasteiger charge is -2.42. The zero-order chi connectivity index (χ0) is 33.4. The van der Waals surface area contributed by atoms with E-state index in [-0.39, 0.29) is 18.7 Å². The number of aliphatic hydroxyl groups is 2. The first-order chi connectivity index (χ1) is 18.6. The molecule has 0 aliphatic heterocycles. The molecule has 0 aliphatic carbocycles. The molecule has 0 spiro atoms. The van der Waals surface area contributed by atoms with Gasteiger partial charge in [0, 0.05) is 25.2 Å². The monoisotopic (exact) mass is 657 g/mol. The fourth-order valence-electron chi connectivity index (χ4n) is 3.11. The molecule has 0 bridgehead atoms. The molecule has 22 heteroatoms. The van der Waals surface area contributed by atoms with Gasteiger partial charge in [-0.25, -0.2) is 4.57 Å². The molecular formula is C20H18F17N2O3+. The highest BCUT2D eigenvalue weighted by molar-refractivity contribution is 5.93. The molecule has 1 aromatic rings. The third-order valence-electron chi connectivity index (χ3n) is 5.64. The van der Waals surface area contributed by atoms with Gasteiger partial charge >= 0.3 is 47.6 Å². The lowest BCUT2D eigenvalue weighted by Crippen LogP contribution is -2.74. The van der Waals surface area contributed by atoms with Crippen molar-refractivity contribution in [1.82, 2.24) is 4.90 Å². The summed E-state index contributed by atoms with van der Waals surface area (Å²) >= 11 is 0. The molecule has 1 amide bonds. The van der Waals surface area contributed by atoms with Crippen LogP contribution in [-0.4, -0.2) is 95.0 Å². The maximum absolute atomic E-state index is 14.1. The number of aliphatic hydroxyl groups excluding tert-OH is 2. The second-order valence-electron chi connectivity index (χ2n) is 8.46. The smallest absolute Gasteiger partial charge is 0.395 e. The van der Waals surface area contributed by atoms with Crippen molar-refractivity contribution < 1.29 is 94.2 Å². The number of alkyl halides is 17. The van der Waals surface area contributed by atoms with E-state index < -0.39 is 79.7 Å². The highest BCUT2D eigenvalue weighted by Crippen LogP contribution is 2.64. The molecule has 1 heterocycles. The SMILES string of the molecule is O=C(c1cc[n+](CCC(F)(F)C(F)(F)C(F)(F)C(F)(F)C(F)(F)C(F)(F)C(F)(F)C(F)(F)F)cc1)N(CCO)CCO. The Labute approximate surface area is 223 Å². The second-order valence-corrected chi connectivity index (χ2v) is 8.46. The van der Waals surface area contributed by atoms with E-state index in [0.29, 0.717) is 17.0 Å². The zero-order valence-corrected chi connectivity index (χ0v) is 20.2. The van der Waals surface area contributed by atoms with Gasteiger partial charge < -0.3 is 15.1 Å². The Morgan fingerprint density at radius 3 is 1.33 bits per heavy atom. The fraction of sp³-hybridized carbons (Fsp3) is 0.700. The van der Waals surface area contributed by atoms with Crippen LogP contribution in [0.15, 0.2) is 24.5 Å². The van der Waals surface area contributed by atoms with Crippen molar-refractivity contribution in [3.8, 4) is 0 Å². The van der Waals surface area contributed by atoms with Gasteiger partial charge in [0.15, 0.2) is 18.9 Å². The first-order valence-electron chi connectivity index (χ1n) is 10.8. The van der Waals surface area contributed by atoms with Crippen molar-refractivity contribution in [3.05, 3.63) is 30.1 Å². The summed E-state index contributed by atoms with van der Waals surface area (Å²) in [4.78, 5) is 13.1. The molecule has 0 saturated heterocycles. The molecule has 1 aromatic heterocycles. The molecule has 0 fully saturated rings. The molecule has 1 rings (SSSR count). The number of hydrogen-bond acceptors (Lipinski definition) is 3. The van der Waals surface area contributed by atoms with E-state index in [9.17, 15) is 79.4 Å². The van der Waals surface area contributed by atoms with E-state index in [0.717, 1.165) is 17.0 Å². The van der Waals surface area contributed by atoms with Crippen LogP contribution in [0.1, 0.15) is 16.8 Å². The maximum Gasteiger partial charge on any atom is 0.460 e. The minimum absolute atomic E-state index is 0.282. The number of rotatable bonds is 14. The summed E-state index contributed by atoms with van der Waals surface area (Å²) in [7, 11) is 0. The van der Waals surface area contributed by atoms with E-state index in [1.807, 2.05) is 0 Å². The zero-order valence-electron chi connectivity index (χ0n) is 20.2. The largest absolute Gasteiger partial charge is 0.460 e. The molecular weight excluding hydrogens is 639 g/mol. The van der Waals surface area contributed by atoms with E-state index in [1.54, 1.807) is 0 Å². The standard InChI is InChI=1S/C20H18F17N2O3/c21-13(22,3-6-38-4-1-11(2-5-38)12(42)39(7-9-40)8-10-41)14(23,24)15(25,26)16(27,28)17(29,30)18(31,32)19(33,34)20(35,36)37/h1-2,4-5,40-41H,3,6-10H2/q+1. The average Bonchev–Trinajstić information content (AvgIpc) is 2.85. The van der Waals surface area contributed by atoms with Gasteiger partial charge in [0.2, 0.25) is 0 Å². The summed E-state index contributed by atoms with van der Waals surface area (Å²) in [6.45, 7) is -3.30. The fourth-order valence-corrected chi connectivity index (χ4v) is 3.11. The van der Waals surface area contributed by atoms with Crippen molar-refractivity contribution in [2.45, 2.75) is 60.6 Å². The number of halogens is 17. The van der Waals surface area contributed by atoms with Crippen LogP contribution in [-0.2, 0) is 6.54 Å². The summed E-state index contributed by atoms with van der Waals surface area (Å²) < 4.78 is 227. The number of carbonyl (C=O) groups excluding carboxylic acids is 1. The number of pyridine rings is 1. The lowest BCUT2D eigenvalue weighted by atomic mass is 9.88. The molecule has 5 nitrogen and oxygen atoms in total. The molecule has 0 unspecified atom stereocenters. The van der Waals surface area contributed by atoms with Crippen LogP contribution in [0.5, 0.6) is 0 Å². The van der Waals surface area contributed by atoms with Gasteiger partial charge in [0.1, 0.15) is 0 Å². The predicted molar refractivity (Wildman–Crippen MR) is 102 cm³/mol. The maximum atomic E-state index is 14.1. The van der Waals surface area contributed by atoms with Gasteiger partial charge in [0.05, 0.1) is 25.2 Å². The van der Waals surface area contributed by atoms with Gasteiger partial charge in [-0.3, -0.25) is 4.79 Å². The summed E-state index contributed by atoms with van der Waals surface area (Å²) in [5, 5.41) is 17.8. The normalized spacial score (nSPS) is 14.7. The molecule has 244 valence electrons. The van der Waals surface area contributed by atoms with Crippen LogP contribution < -0.4 is 4.57 Å². The number of hydrogen-bond donors (Lipinski definition) is 2. The minimum Gasteiger partial charge on any atom is -0.395 e. The van der Waals surface area contributed by atoms with E-state index >= 15 is 0 Å². The summed E-state index contributed by atoms with van der Waals surface area (Å²) in [6, 6.07) is 1.60. The van der Waals surface area contributed by atoms with Crippen molar-refractivity contribution >= 4 is 5.91 Å². The van der Waals surface area contributed by atoms with Crippen molar-refractivity contribution in [1.29, 1.82) is 0 Å².